The second kappa shape index (κ2) is 6.70. The lowest BCUT2D eigenvalue weighted by Gasteiger charge is -2.32. The van der Waals surface area contributed by atoms with Gasteiger partial charge >= 0.3 is 0 Å². The minimum Gasteiger partial charge on any atom is -0.306 e. The molecule has 0 saturated carbocycles. The van der Waals surface area contributed by atoms with Crippen molar-refractivity contribution in [1.82, 2.24) is 0 Å². The summed E-state index contributed by atoms with van der Waals surface area (Å²) in [5.74, 6) is 0. The Morgan fingerprint density at radius 2 is 1.89 bits per heavy atom. The van der Waals surface area contributed by atoms with Gasteiger partial charge < -0.3 is 5.41 Å². The van der Waals surface area contributed by atoms with E-state index in [2.05, 4.69) is 45.9 Å². The highest BCUT2D eigenvalue weighted by Gasteiger charge is 2.26. The van der Waals surface area contributed by atoms with E-state index in [0.717, 1.165) is 0 Å². The lowest BCUT2D eigenvalue weighted by molar-refractivity contribution is 0.377. The van der Waals surface area contributed by atoms with E-state index < -0.39 is 0 Å². The standard InChI is InChI=1S/C18H27N/c1-14(8-6-10-16(3)19)11-12-17-15(2)9-7-13-18(17,4)5/h6,8,10-12,19H,7,9,13H2,1-5H3/b10-6+,12-11+,14-8+,19-16?. The van der Waals surface area contributed by atoms with Crippen LogP contribution in [-0.2, 0) is 0 Å². The van der Waals surface area contributed by atoms with Gasteiger partial charge in [-0.05, 0) is 57.1 Å². The molecule has 0 aromatic carbocycles. The van der Waals surface area contributed by atoms with E-state index >= 15 is 0 Å². The van der Waals surface area contributed by atoms with Crippen LogP contribution < -0.4 is 0 Å². The first-order valence-corrected chi connectivity index (χ1v) is 7.11. The summed E-state index contributed by atoms with van der Waals surface area (Å²) in [6, 6.07) is 0. The molecule has 1 aliphatic carbocycles. The summed E-state index contributed by atoms with van der Waals surface area (Å²) in [6.07, 6.45) is 14.1. The molecule has 1 heteroatoms. The summed E-state index contributed by atoms with van der Waals surface area (Å²) < 4.78 is 0. The van der Waals surface area contributed by atoms with E-state index in [-0.39, 0.29) is 0 Å². The van der Waals surface area contributed by atoms with Crippen molar-refractivity contribution >= 4 is 5.71 Å². The maximum atomic E-state index is 7.34. The molecule has 1 rings (SSSR count). The van der Waals surface area contributed by atoms with Crippen LogP contribution in [0.25, 0.3) is 0 Å². The highest BCUT2D eigenvalue weighted by Crippen LogP contribution is 2.40. The molecule has 0 aromatic heterocycles. The summed E-state index contributed by atoms with van der Waals surface area (Å²) in [6.45, 7) is 10.8. The molecule has 0 aliphatic heterocycles. The van der Waals surface area contributed by atoms with E-state index in [4.69, 9.17) is 5.41 Å². The Morgan fingerprint density at radius 1 is 1.21 bits per heavy atom. The van der Waals surface area contributed by atoms with Crippen LogP contribution in [0.4, 0.5) is 0 Å². The quantitative estimate of drug-likeness (QED) is 0.500. The smallest absolute Gasteiger partial charge is 0.0282 e. The topological polar surface area (TPSA) is 23.9 Å². The van der Waals surface area contributed by atoms with Gasteiger partial charge in [0.15, 0.2) is 0 Å². The largest absolute Gasteiger partial charge is 0.306 e. The van der Waals surface area contributed by atoms with Gasteiger partial charge in [0.1, 0.15) is 0 Å². The van der Waals surface area contributed by atoms with Crippen molar-refractivity contribution in [2.75, 3.05) is 0 Å². The summed E-state index contributed by atoms with van der Waals surface area (Å²) in [7, 11) is 0. The van der Waals surface area contributed by atoms with Crippen LogP contribution in [0, 0.1) is 10.8 Å². The van der Waals surface area contributed by atoms with Gasteiger partial charge in [-0.25, -0.2) is 0 Å². The molecule has 0 heterocycles. The third-order valence-corrected chi connectivity index (χ3v) is 3.76. The summed E-state index contributed by atoms with van der Waals surface area (Å²) in [5, 5.41) is 7.34. The van der Waals surface area contributed by atoms with Gasteiger partial charge in [0, 0.05) is 5.71 Å². The van der Waals surface area contributed by atoms with E-state index in [9.17, 15) is 0 Å². The Hall–Kier alpha value is -1.37. The van der Waals surface area contributed by atoms with Crippen LogP contribution in [-0.4, -0.2) is 5.71 Å². The molecule has 1 N–H and O–H groups in total. The van der Waals surface area contributed by atoms with Crippen LogP contribution >= 0.6 is 0 Å². The first-order chi connectivity index (χ1) is 8.83. The highest BCUT2D eigenvalue weighted by molar-refractivity contribution is 5.90. The van der Waals surface area contributed by atoms with Crippen LogP contribution in [0.2, 0.25) is 0 Å². The van der Waals surface area contributed by atoms with Gasteiger partial charge in [0.25, 0.3) is 0 Å². The Labute approximate surface area is 118 Å². The van der Waals surface area contributed by atoms with Crippen molar-refractivity contribution in [2.24, 2.45) is 5.41 Å². The number of rotatable bonds is 4. The van der Waals surface area contributed by atoms with Crippen molar-refractivity contribution in [3.63, 3.8) is 0 Å². The van der Waals surface area contributed by atoms with Gasteiger partial charge in [-0.3, -0.25) is 0 Å². The molecule has 0 atom stereocenters. The highest BCUT2D eigenvalue weighted by atomic mass is 14.4. The van der Waals surface area contributed by atoms with E-state index in [1.807, 2.05) is 12.2 Å². The summed E-state index contributed by atoms with van der Waals surface area (Å²) >= 11 is 0. The Balaban J connectivity index is 2.83. The molecule has 0 fully saturated rings. The second-order valence-electron chi connectivity index (χ2n) is 6.22. The molecule has 1 aliphatic rings. The minimum atomic E-state index is 0.306. The van der Waals surface area contributed by atoms with Crippen molar-refractivity contribution in [3.8, 4) is 0 Å². The Kier molecular flexibility index (Phi) is 5.53. The number of allylic oxidation sites excluding steroid dienone is 8. The fraction of sp³-hybridized carbons (Fsp3) is 0.500. The Bertz CT molecular complexity index is 456. The molecule has 0 spiro atoms. The van der Waals surface area contributed by atoms with Crippen LogP contribution in [0.15, 0.2) is 47.1 Å². The average Bonchev–Trinajstić information content (AvgIpc) is 2.26. The number of nitrogens with one attached hydrogen (secondary N) is 1. The predicted octanol–water partition coefficient (Wildman–Crippen LogP) is 5.61. The van der Waals surface area contributed by atoms with Crippen molar-refractivity contribution in [3.05, 3.63) is 47.1 Å². The normalized spacial score (nSPS) is 20.6. The van der Waals surface area contributed by atoms with Gasteiger partial charge in [-0.2, -0.15) is 0 Å². The van der Waals surface area contributed by atoms with E-state index in [1.165, 1.54) is 36.0 Å². The molecule has 0 aromatic rings. The van der Waals surface area contributed by atoms with Gasteiger partial charge in [-0.1, -0.05) is 49.3 Å². The maximum Gasteiger partial charge on any atom is 0.0282 e. The second-order valence-corrected chi connectivity index (χ2v) is 6.22. The molecular weight excluding hydrogens is 230 g/mol. The first-order valence-electron chi connectivity index (χ1n) is 7.11. The molecule has 1 nitrogen and oxygen atoms in total. The van der Waals surface area contributed by atoms with Crippen LogP contribution in [0.3, 0.4) is 0 Å². The molecule has 0 amide bonds. The van der Waals surface area contributed by atoms with E-state index in [0.29, 0.717) is 11.1 Å². The molecule has 0 saturated heterocycles. The fourth-order valence-corrected chi connectivity index (χ4v) is 2.62. The first kappa shape index (κ1) is 15.7. The van der Waals surface area contributed by atoms with Crippen molar-refractivity contribution in [2.45, 2.75) is 53.9 Å². The zero-order valence-corrected chi connectivity index (χ0v) is 13.0. The summed E-state index contributed by atoms with van der Waals surface area (Å²) in [4.78, 5) is 0. The molecule has 19 heavy (non-hydrogen) atoms. The third kappa shape index (κ3) is 5.02. The lowest BCUT2D eigenvalue weighted by Crippen LogP contribution is -2.19. The lowest BCUT2D eigenvalue weighted by atomic mass is 9.72. The third-order valence-electron chi connectivity index (χ3n) is 3.76. The van der Waals surface area contributed by atoms with Gasteiger partial charge in [0.05, 0.1) is 0 Å². The maximum absolute atomic E-state index is 7.34. The van der Waals surface area contributed by atoms with Gasteiger partial charge in [-0.15, -0.1) is 0 Å². The fourth-order valence-electron chi connectivity index (χ4n) is 2.62. The predicted molar refractivity (Wildman–Crippen MR) is 85.8 cm³/mol. The van der Waals surface area contributed by atoms with Crippen LogP contribution in [0.5, 0.6) is 0 Å². The van der Waals surface area contributed by atoms with Crippen molar-refractivity contribution in [1.29, 1.82) is 5.41 Å². The zero-order valence-electron chi connectivity index (χ0n) is 13.0. The average molecular weight is 257 g/mol. The SMILES string of the molecule is CC(=N)/C=C/C=C(C)/C=C/C1=C(C)CCCC1(C)C. The van der Waals surface area contributed by atoms with Crippen molar-refractivity contribution < 1.29 is 0 Å². The molecular formula is C18H27N. The number of hydrogen-bond acceptors (Lipinski definition) is 1. The zero-order chi connectivity index (χ0) is 14.5. The minimum absolute atomic E-state index is 0.306. The molecule has 0 radical (unpaired) electrons. The molecule has 104 valence electrons. The Morgan fingerprint density at radius 3 is 2.47 bits per heavy atom. The molecule has 0 bridgehead atoms. The number of hydrogen-bond donors (Lipinski definition) is 1. The van der Waals surface area contributed by atoms with Gasteiger partial charge in [0.2, 0.25) is 0 Å². The monoisotopic (exact) mass is 257 g/mol. The van der Waals surface area contributed by atoms with Crippen LogP contribution in [0.1, 0.15) is 53.9 Å². The van der Waals surface area contributed by atoms with E-state index in [1.54, 1.807) is 6.92 Å². The summed E-state index contributed by atoms with van der Waals surface area (Å²) in [5.41, 5.74) is 5.14. The molecule has 0 unspecified atom stereocenters.